The maximum absolute atomic E-state index is 14.2. The SMILES string of the molecule is C[C@@H]1C[C@H]2C(=O)N([C@H](CSc3ccccc3O)C(=O)CCc3ccc(Cl)c(Cl)c3)CCC(CCc3ccccc3)N2C1. The normalized spacial score (nSPS) is 21.6. The Kier molecular flexibility index (Phi) is 10.5. The molecule has 4 atom stereocenters. The predicted molar refractivity (Wildman–Crippen MR) is 172 cm³/mol. The van der Waals surface area contributed by atoms with Crippen LogP contribution in [0.4, 0.5) is 0 Å². The molecule has 5 nitrogen and oxygen atoms in total. The molecule has 2 fully saturated rings. The number of fused-ring (bicyclic) bond motifs is 1. The minimum atomic E-state index is -0.587. The van der Waals surface area contributed by atoms with E-state index in [0.717, 1.165) is 37.8 Å². The lowest BCUT2D eigenvalue weighted by Gasteiger charge is -2.32. The van der Waals surface area contributed by atoms with Gasteiger partial charge in [0.25, 0.3) is 0 Å². The predicted octanol–water partition coefficient (Wildman–Crippen LogP) is 7.31. The molecule has 3 aromatic carbocycles. The minimum absolute atomic E-state index is 0.0256. The summed E-state index contributed by atoms with van der Waals surface area (Å²) in [4.78, 5) is 33.1. The lowest BCUT2D eigenvalue weighted by Crippen LogP contribution is -2.51. The summed E-state index contributed by atoms with van der Waals surface area (Å²) in [5.41, 5.74) is 2.24. The third kappa shape index (κ3) is 7.52. The average Bonchev–Trinajstić information content (AvgIpc) is 3.33. The Morgan fingerprint density at radius 3 is 2.52 bits per heavy atom. The first-order chi connectivity index (χ1) is 20.3. The number of thioether (sulfide) groups is 1. The number of Topliss-reactive ketones (excluding diaryl/α,β-unsaturated/α-hetero) is 1. The number of aromatic hydroxyl groups is 1. The third-order valence-corrected chi connectivity index (χ3v) is 10.4. The van der Waals surface area contributed by atoms with Crippen LogP contribution in [0, 0.1) is 5.92 Å². The summed E-state index contributed by atoms with van der Waals surface area (Å²) < 4.78 is 0. The lowest BCUT2D eigenvalue weighted by molar-refractivity contribution is -0.141. The Morgan fingerprint density at radius 1 is 1.00 bits per heavy atom. The molecule has 0 saturated carbocycles. The molecule has 1 unspecified atom stereocenters. The highest BCUT2D eigenvalue weighted by molar-refractivity contribution is 7.99. The zero-order valence-electron chi connectivity index (χ0n) is 23.9. The van der Waals surface area contributed by atoms with Crippen molar-refractivity contribution in [3.8, 4) is 5.75 Å². The van der Waals surface area contributed by atoms with Gasteiger partial charge in [0.15, 0.2) is 5.78 Å². The van der Waals surface area contributed by atoms with Crippen LogP contribution in [-0.2, 0) is 22.4 Å². The third-order valence-electron chi connectivity index (χ3n) is 8.55. The van der Waals surface area contributed by atoms with Crippen molar-refractivity contribution in [3.05, 3.63) is 94.0 Å². The molecule has 0 spiro atoms. The summed E-state index contributed by atoms with van der Waals surface area (Å²) in [6.07, 6.45) is 4.40. The smallest absolute Gasteiger partial charge is 0.240 e. The number of nitrogens with zero attached hydrogens (tertiary/aromatic N) is 2. The summed E-state index contributed by atoms with van der Waals surface area (Å²) >= 11 is 13.7. The van der Waals surface area contributed by atoms with Crippen molar-refractivity contribution in [2.24, 2.45) is 5.92 Å². The molecule has 0 radical (unpaired) electrons. The van der Waals surface area contributed by atoms with Gasteiger partial charge in [0.2, 0.25) is 5.91 Å². The van der Waals surface area contributed by atoms with Crippen molar-refractivity contribution >= 4 is 46.7 Å². The number of hydrogen-bond donors (Lipinski definition) is 1. The van der Waals surface area contributed by atoms with Crippen LogP contribution in [0.25, 0.3) is 0 Å². The fourth-order valence-corrected chi connectivity index (χ4v) is 7.73. The highest BCUT2D eigenvalue weighted by Gasteiger charge is 2.45. The van der Waals surface area contributed by atoms with Crippen LogP contribution >= 0.6 is 35.0 Å². The number of halogens is 2. The molecule has 3 aromatic rings. The molecule has 0 aliphatic carbocycles. The average molecular weight is 626 g/mol. The number of amides is 1. The van der Waals surface area contributed by atoms with E-state index in [0.29, 0.717) is 39.6 Å². The van der Waals surface area contributed by atoms with Gasteiger partial charge in [-0.3, -0.25) is 14.5 Å². The Bertz CT molecular complexity index is 1390. The Morgan fingerprint density at radius 2 is 1.76 bits per heavy atom. The van der Waals surface area contributed by atoms with E-state index in [1.807, 2.05) is 29.2 Å². The van der Waals surface area contributed by atoms with E-state index in [4.69, 9.17) is 23.2 Å². The molecule has 1 N–H and O–H groups in total. The lowest BCUT2D eigenvalue weighted by atomic mass is 10.0. The van der Waals surface area contributed by atoms with Crippen LogP contribution in [0.2, 0.25) is 10.0 Å². The van der Waals surface area contributed by atoms with Gasteiger partial charge in [-0.15, -0.1) is 11.8 Å². The van der Waals surface area contributed by atoms with Gasteiger partial charge in [0, 0.05) is 36.2 Å². The number of carbonyl (C=O) groups is 2. The van der Waals surface area contributed by atoms with E-state index < -0.39 is 6.04 Å². The molecule has 2 heterocycles. The second-order valence-electron chi connectivity index (χ2n) is 11.6. The molecule has 1 amide bonds. The molecular weight excluding hydrogens is 587 g/mol. The van der Waals surface area contributed by atoms with Crippen LogP contribution in [0.1, 0.15) is 43.7 Å². The second kappa shape index (κ2) is 14.3. The van der Waals surface area contributed by atoms with Gasteiger partial charge in [0.1, 0.15) is 5.75 Å². The van der Waals surface area contributed by atoms with Gasteiger partial charge in [-0.1, -0.05) is 78.7 Å². The first-order valence-corrected chi connectivity index (χ1v) is 16.5. The quantitative estimate of drug-likeness (QED) is 0.227. The number of rotatable bonds is 11. The summed E-state index contributed by atoms with van der Waals surface area (Å²) in [7, 11) is 0. The Balaban J connectivity index is 1.36. The molecule has 2 aliphatic rings. The number of benzene rings is 3. The van der Waals surface area contributed by atoms with Gasteiger partial charge in [0.05, 0.1) is 22.1 Å². The highest BCUT2D eigenvalue weighted by Crippen LogP contribution is 2.35. The van der Waals surface area contributed by atoms with Gasteiger partial charge in [-0.2, -0.15) is 0 Å². The van der Waals surface area contributed by atoms with E-state index in [1.54, 1.807) is 24.3 Å². The zero-order valence-corrected chi connectivity index (χ0v) is 26.3. The van der Waals surface area contributed by atoms with E-state index in [-0.39, 0.29) is 35.9 Å². The second-order valence-corrected chi connectivity index (χ2v) is 13.4. The van der Waals surface area contributed by atoms with Crippen LogP contribution in [0.5, 0.6) is 5.75 Å². The van der Waals surface area contributed by atoms with Crippen molar-refractivity contribution in [2.75, 3.05) is 18.8 Å². The molecule has 2 aliphatic heterocycles. The van der Waals surface area contributed by atoms with E-state index >= 15 is 0 Å². The summed E-state index contributed by atoms with van der Waals surface area (Å²) in [6, 6.07) is 22.6. The van der Waals surface area contributed by atoms with Crippen molar-refractivity contribution in [1.82, 2.24) is 9.80 Å². The van der Waals surface area contributed by atoms with Crippen molar-refractivity contribution in [1.29, 1.82) is 0 Å². The molecule has 5 rings (SSSR count). The van der Waals surface area contributed by atoms with E-state index in [2.05, 4.69) is 36.1 Å². The molecule has 8 heteroatoms. The van der Waals surface area contributed by atoms with Gasteiger partial charge < -0.3 is 10.0 Å². The summed E-state index contributed by atoms with van der Waals surface area (Å²) in [5, 5.41) is 11.3. The molecule has 222 valence electrons. The largest absolute Gasteiger partial charge is 0.507 e. The molecule has 42 heavy (non-hydrogen) atoms. The highest BCUT2D eigenvalue weighted by atomic mass is 35.5. The molecule has 0 bridgehead atoms. The standard InChI is InChI=1S/C34H38Cl2N2O3S/c1-23-19-29-34(41)37(18-17-26(38(29)21-23)14-11-24-7-3-2-4-8-24)30(22-42-33-10-6-5-9-32(33)40)31(39)16-13-25-12-15-27(35)28(36)20-25/h2-10,12,15,20,23,26,29-30,40H,11,13-14,16-19,21-22H2,1H3/t23-,26?,29+,30-/m1/s1. The van der Waals surface area contributed by atoms with Gasteiger partial charge >= 0.3 is 0 Å². The van der Waals surface area contributed by atoms with Crippen molar-refractivity contribution in [2.45, 2.75) is 68.5 Å². The maximum atomic E-state index is 14.2. The molecular formula is C34H38Cl2N2O3S. The zero-order chi connectivity index (χ0) is 29.6. The van der Waals surface area contributed by atoms with Crippen molar-refractivity contribution in [3.63, 3.8) is 0 Å². The molecule has 0 aromatic heterocycles. The Hall–Kier alpha value is -2.51. The van der Waals surface area contributed by atoms with Crippen LogP contribution in [0.15, 0.2) is 77.7 Å². The van der Waals surface area contributed by atoms with Crippen LogP contribution < -0.4 is 0 Å². The van der Waals surface area contributed by atoms with Gasteiger partial charge in [-0.05, 0) is 73.4 Å². The topological polar surface area (TPSA) is 60.9 Å². The number of phenols is 1. The summed E-state index contributed by atoms with van der Waals surface area (Å²) in [6.45, 7) is 3.67. The number of ketones is 1. The van der Waals surface area contributed by atoms with E-state index in [1.165, 1.54) is 17.3 Å². The van der Waals surface area contributed by atoms with Crippen LogP contribution in [0.3, 0.4) is 0 Å². The van der Waals surface area contributed by atoms with Crippen molar-refractivity contribution < 1.29 is 14.7 Å². The number of aryl methyl sites for hydroxylation is 2. The van der Waals surface area contributed by atoms with E-state index in [9.17, 15) is 14.7 Å². The fourth-order valence-electron chi connectivity index (χ4n) is 6.31. The number of para-hydroxylation sites is 1. The minimum Gasteiger partial charge on any atom is -0.507 e. The fraction of sp³-hybridized carbons (Fsp3) is 0.412. The maximum Gasteiger partial charge on any atom is 0.240 e. The molecule has 2 saturated heterocycles. The Labute approximate surface area is 263 Å². The number of carbonyl (C=O) groups excluding carboxylic acids is 2. The monoisotopic (exact) mass is 624 g/mol. The first kappa shape index (κ1) is 30.9. The number of hydrogen-bond acceptors (Lipinski definition) is 5. The first-order valence-electron chi connectivity index (χ1n) is 14.8. The van der Waals surface area contributed by atoms with Crippen LogP contribution in [-0.4, -0.2) is 63.6 Å². The summed E-state index contributed by atoms with van der Waals surface area (Å²) in [5.74, 6) is 1.09. The number of phenolic OH excluding ortho intramolecular Hbond substituents is 1. The van der Waals surface area contributed by atoms with Gasteiger partial charge in [-0.25, -0.2) is 0 Å².